The van der Waals surface area contributed by atoms with Crippen LogP contribution in [0.4, 0.5) is 5.13 Å². The van der Waals surface area contributed by atoms with Crippen molar-refractivity contribution in [3.63, 3.8) is 0 Å². The molecule has 142 valence electrons. The van der Waals surface area contributed by atoms with Crippen molar-refractivity contribution >= 4 is 27.4 Å². The van der Waals surface area contributed by atoms with E-state index < -0.39 is 5.41 Å². The van der Waals surface area contributed by atoms with Crippen molar-refractivity contribution in [3.05, 3.63) is 30.7 Å². The highest BCUT2D eigenvalue weighted by Gasteiger charge is 2.49. The predicted octanol–water partition coefficient (Wildman–Crippen LogP) is 3.27. The molecule has 27 heavy (non-hydrogen) atoms. The molecular weight excluding hydrogens is 362 g/mol. The molecule has 0 radical (unpaired) electrons. The molecule has 1 unspecified atom stereocenters. The molecule has 0 amide bonds. The lowest BCUT2D eigenvalue weighted by atomic mass is 9.76. The number of ether oxygens (including phenoxy) is 1. The number of hydrogen-bond acceptors (Lipinski definition) is 7. The Bertz CT molecular complexity index is 920. The van der Waals surface area contributed by atoms with Gasteiger partial charge in [-0.3, -0.25) is 9.78 Å². The first-order valence-corrected chi connectivity index (χ1v) is 10.0. The van der Waals surface area contributed by atoms with E-state index >= 15 is 0 Å². The molecule has 0 aliphatic carbocycles. The van der Waals surface area contributed by atoms with E-state index in [1.54, 1.807) is 23.7 Å². The fourth-order valence-electron chi connectivity index (χ4n) is 3.62. The average molecular weight is 385 g/mol. The van der Waals surface area contributed by atoms with Crippen molar-refractivity contribution in [2.45, 2.75) is 27.2 Å². The molecule has 4 rings (SSSR count). The highest BCUT2D eigenvalue weighted by Crippen LogP contribution is 2.41. The molecular formula is C19H23N5O2S. The first-order valence-electron chi connectivity index (χ1n) is 9.22. The van der Waals surface area contributed by atoms with Gasteiger partial charge in [-0.15, -0.1) is 5.10 Å². The van der Waals surface area contributed by atoms with E-state index in [1.807, 2.05) is 29.8 Å². The first-order chi connectivity index (χ1) is 13.0. The second kappa shape index (κ2) is 6.92. The van der Waals surface area contributed by atoms with Crippen LogP contribution >= 0.6 is 11.3 Å². The van der Waals surface area contributed by atoms with Gasteiger partial charge in [-0.2, -0.15) is 0 Å². The first kappa shape index (κ1) is 17.9. The number of pyridine rings is 1. The molecule has 0 saturated carbocycles. The van der Waals surface area contributed by atoms with Crippen molar-refractivity contribution in [1.29, 1.82) is 0 Å². The second-order valence-electron chi connectivity index (χ2n) is 7.18. The molecule has 0 N–H and O–H groups in total. The summed E-state index contributed by atoms with van der Waals surface area (Å²) in [5, 5.41) is 5.59. The molecule has 1 aliphatic heterocycles. The zero-order valence-corrected chi connectivity index (χ0v) is 16.6. The Morgan fingerprint density at radius 2 is 2.30 bits per heavy atom. The summed E-state index contributed by atoms with van der Waals surface area (Å²) in [5.74, 6) is 0.116. The van der Waals surface area contributed by atoms with E-state index in [4.69, 9.17) is 9.84 Å². The summed E-state index contributed by atoms with van der Waals surface area (Å²) in [6.07, 6.45) is 6.25. The van der Waals surface area contributed by atoms with Crippen LogP contribution in [-0.4, -0.2) is 45.2 Å². The fourth-order valence-corrected chi connectivity index (χ4v) is 4.52. The van der Waals surface area contributed by atoms with Gasteiger partial charge in [0, 0.05) is 31.0 Å². The van der Waals surface area contributed by atoms with Crippen LogP contribution in [0.15, 0.2) is 30.7 Å². The number of rotatable bonds is 5. The summed E-state index contributed by atoms with van der Waals surface area (Å²) < 4.78 is 7.18. The Hall–Kier alpha value is -2.48. The third kappa shape index (κ3) is 3.07. The number of hydrogen-bond donors (Lipinski definition) is 0. The molecule has 1 aliphatic rings. The van der Waals surface area contributed by atoms with Crippen molar-refractivity contribution in [2.75, 3.05) is 24.6 Å². The number of fused-ring (bicyclic) bond motifs is 1. The normalized spacial score (nSPS) is 19.9. The van der Waals surface area contributed by atoms with Crippen LogP contribution in [0, 0.1) is 11.3 Å². The summed E-state index contributed by atoms with van der Waals surface area (Å²) in [5.41, 5.74) is 1.36. The Kier molecular flexibility index (Phi) is 4.59. The monoisotopic (exact) mass is 385 g/mol. The molecule has 3 aromatic heterocycles. The number of anilines is 1. The minimum absolute atomic E-state index is 0.0947. The van der Waals surface area contributed by atoms with Crippen molar-refractivity contribution in [2.24, 2.45) is 11.3 Å². The smallest absolute Gasteiger partial charge is 0.314 e. The van der Waals surface area contributed by atoms with Crippen molar-refractivity contribution in [1.82, 2.24) is 19.6 Å². The summed E-state index contributed by atoms with van der Waals surface area (Å²) in [6.45, 7) is 7.88. The number of carbonyl (C=O) groups excluding carboxylic acids is 1. The summed E-state index contributed by atoms with van der Waals surface area (Å²) in [4.78, 5) is 24.4. The molecule has 0 bridgehead atoms. The Morgan fingerprint density at radius 1 is 1.44 bits per heavy atom. The summed E-state index contributed by atoms with van der Waals surface area (Å²) in [7, 11) is 0. The predicted molar refractivity (Wildman–Crippen MR) is 105 cm³/mol. The molecule has 8 heteroatoms. The number of carbonyl (C=O) groups is 1. The van der Waals surface area contributed by atoms with E-state index in [0.29, 0.717) is 13.2 Å². The number of esters is 1. The van der Waals surface area contributed by atoms with E-state index in [9.17, 15) is 4.79 Å². The Balaban J connectivity index is 1.58. The van der Waals surface area contributed by atoms with Gasteiger partial charge in [-0.05, 0) is 31.4 Å². The van der Waals surface area contributed by atoms with Gasteiger partial charge in [0.15, 0.2) is 0 Å². The number of nitrogens with zero attached hydrogens (tertiary/aromatic N) is 5. The van der Waals surface area contributed by atoms with Gasteiger partial charge in [-0.1, -0.05) is 25.2 Å². The van der Waals surface area contributed by atoms with Gasteiger partial charge in [0.2, 0.25) is 10.1 Å². The van der Waals surface area contributed by atoms with Crippen LogP contribution in [0.3, 0.4) is 0 Å². The molecule has 1 saturated heterocycles. The third-order valence-electron chi connectivity index (χ3n) is 5.35. The van der Waals surface area contributed by atoms with Crippen LogP contribution in [0.5, 0.6) is 0 Å². The van der Waals surface area contributed by atoms with Crippen LogP contribution in [0.1, 0.15) is 27.2 Å². The van der Waals surface area contributed by atoms with Gasteiger partial charge in [0.05, 0.1) is 23.9 Å². The van der Waals surface area contributed by atoms with Crippen LogP contribution < -0.4 is 4.90 Å². The lowest BCUT2D eigenvalue weighted by Crippen LogP contribution is -2.40. The SMILES string of the molecule is CCOC(=O)C1(C(C)C)CCN(c2nn3cc(-c4cccnc4)nc3s2)C1. The van der Waals surface area contributed by atoms with Crippen LogP contribution in [0.25, 0.3) is 16.2 Å². The van der Waals surface area contributed by atoms with Crippen LogP contribution in [-0.2, 0) is 9.53 Å². The topological polar surface area (TPSA) is 72.6 Å². The summed E-state index contributed by atoms with van der Waals surface area (Å²) in [6, 6.07) is 3.88. The molecule has 7 nitrogen and oxygen atoms in total. The van der Waals surface area contributed by atoms with Gasteiger partial charge < -0.3 is 9.64 Å². The maximum absolute atomic E-state index is 12.6. The minimum Gasteiger partial charge on any atom is -0.466 e. The lowest BCUT2D eigenvalue weighted by Gasteiger charge is -2.30. The maximum atomic E-state index is 12.6. The fraction of sp³-hybridized carbons (Fsp3) is 0.474. The molecule has 1 fully saturated rings. The van der Waals surface area contributed by atoms with Crippen LogP contribution in [0.2, 0.25) is 0 Å². The average Bonchev–Trinajstić information content (AvgIpc) is 3.35. The molecule has 4 heterocycles. The zero-order chi connectivity index (χ0) is 19.0. The van der Waals surface area contributed by atoms with Gasteiger partial charge >= 0.3 is 5.97 Å². The highest BCUT2D eigenvalue weighted by atomic mass is 32.1. The molecule has 3 aromatic rings. The Labute approximate surface area is 162 Å². The van der Waals surface area contributed by atoms with Gasteiger partial charge in [-0.25, -0.2) is 9.50 Å². The number of imidazole rings is 1. The lowest BCUT2D eigenvalue weighted by molar-refractivity contribution is -0.156. The third-order valence-corrected chi connectivity index (χ3v) is 6.33. The van der Waals surface area contributed by atoms with E-state index in [-0.39, 0.29) is 11.9 Å². The standard InChI is InChI=1S/C19H23N5O2S/c1-4-26-16(25)19(13(2)3)7-9-23(12-19)18-22-24-11-15(21-17(24)27-18)14-6-5-8-20-10-14/h5-6,8,10-11,13H,4,7,9,12H2,1-3H3. The quantitative estimate of drug-likeness (QED) is 0.628. The minimum atomic E-state index is -0.468. The number of aromatic nitrogens is 4. The van der Waals surface area contributed by atoms with Gasteiger partial charge in [0.25, 0.3) is 0 Å². The van der Waals surface area contributed by atoms with E-state index in [2.05, 4.69) is 28.7 Å². The highest BCUT2D eigenvalue weighted by molar-refractivity contribution is 7.20. The van der Waals surface area contributed by atoms with Crippen molar-refractivity contribution in [3.8, 4) is 11.3 Å². The Morgan fingerprint density at radius 3 is 2.96 bits per heavy atom. The zero-order valence-electron chi connectivity index (χ0n) is 15.8. The molecule has 0 spiro atoms. The second-order valence-corrected chi connectivity index (χ2v) is 8.12. The maximum Gasteiger partial charge on any atom is 0.314 e. The van der Waals surface area contributed by atoms with E-state index in [1.165, 1.54) is 0 Å². The largest absolute Gasteiger partial charge is 0.466 e. The summed E-state index contributed by atoms with van der Waals surface area (Å²) >= 11 is 1.54. The van der Waals surface area contributed by atoms with Gasteiger partial charge in [0.1, 0.15) is 0 Å². The van der Waals surface area contributed by atoms with Crippen molar-refractivity contribution < 1.29 is 9.53 Å². The van der Waals surface area contributed by atoms with E-state index in [0.717, 1.165) is 34.3 Å². The molecule has 0 aromatic carbocycles. The molecule has 1 atom stereocenters.